The van der Waals surface area contributed by atoms with E-state index in [1.165, 1.54) is 33.5 Å². The molecule has 1 aliphatic heterocycles. The highest BCUT2D eigenvalue weighted by atomic mass is 32.2. The lowest BCUT2D eigenvalue weighted by molar-refractivity contribution is 0.00589. The number of aliphatic hydroxyl groups is 1. The highest BCUT2D eigenvalue weighted by molar-refractivity contribution is 7.89. The summed E-state index contributed by atoms with van der Waals surface area (Å²) >= 11 is 0. The van der Waals surface area contributed by atoms with Crippen LogP contribution in [0.25, 0.3) is 0 Å². The number of nitrogens with zero attached hydrogens (tertiary/aromatic N) is 2. The van der Waals surface area contributed by atoms with Gasteiger partial charge in [-0.1, -0.05) is 13.8 Å². The molecule has 0 bridgehead atoms. The molecular formula is C14H20N2O4S. The SMILES string of the molecule is CCN(CC)S(=O)(=O)c1ccc(C(=O)N2CC(O)C2)cc1. The van der Waals surface area contributed by atoms with Gasteiger partial charge < -0.3 is 10.0 Å². The fourth-order valence-electron chi connectivity index (χ4n) is 2.29. The van der Waals surface area contributed by atoms with Gasteiger partial charge >= 0.3 is 0 Å². The molecule has 0 aliphatic carbocycles. The van der Waals surface area contributed by atoms with Crippen molar-refractivity contribution in [2.24, 2.45) is 0 Å². The number of β-amino-alcohol motifs (C(OH)–C–C–N with tert-alkyl or cyclic N) is 1. The van der Waals surface area contributed by atoms with Crippen LogP contribution in [0.4, 0.5) is 0 Å². The van der Waals surface area contributed by atoms with Crippen LogP contribution in [0.1, 0.15) is 24.2 Å². The molecule has 2 rings (SSSR count). The van der Waals surface area contributed by atoms with Crippen LogP contribution in [0.5, 0.6) is 0 Å². The predicted molar refractivity (Wildman–Crippen MR) is 78.5 cm³/mol. The van der Waals surface area contributed by atoms with Crippen LogP contribution in [0, 0.1) is 0 Å². The van der Waals surface area contributed by atoms with Crippen LogP contribution in [0.2, 0.25) is 0 Å². The summed E-state index contributed by atoms with van der Waals surface area (Å²) in [7, 11) is -3.50. The van der Waals surface area contributed by atoms with Gasteiger partial charge in [0, 0.05) is 31.7 Å². The van der Waals surface area contributed by atoms with E-state index < -0.39 is 16.1 Å². The molecule has 1 aliphatic rings. The Balaban J connectivity index is 2.17. The van der Waals surface area contributed by atoms with Gasteiger partial charge in [0.25, 0.3) is 5.91 Å². The second kappa shape index (κ2) is 6.13. The number of carbonyl (C=O) groups excluding carboxylic acids is 1. The van der Waals surface area contributed by atoms with Gasteiger partial charge in [-0.15, -0.1) is 0 Å². The molecule has 6 nitrogen and oxygen atoms in total. The molecule has 1 amide bonds. The number of hydrogen-bond acceptors (Lipinski definition) is 4. The van der Waals surface area contributed by atoms with E-state index in [4.69, 9.17) is 0 Å². The number of likely N-dealkylation sites (tertiary alicyclic amines) is 1. The molecule has 1 heterocycles. The Hall–Kier alpha value is -1.44. The molecule has 1 fully saturated rings. The first kappa shape index (κ1) is 15.9. The molecule has 1 aromatic rings. The van der Waals surface area contributed by atoms with Crippen LogP contribution >= 0.6 is 0 Å². The van der Waals surface area contributed by atoms with Crippen molar-refractivity contribution >= 4 is 15.9 Å². The van der Waals surface area contributed by atoms with Gasteiger partial charge in [-0.2, -0.15) is 4.31 Å². The summed E-state index contributed by atoms with van der Waals surface area (Å²) in [5.74, 6) is -0.188. The molecule has 0 aromatic heterocycles. The highest BCUT2D eigenvalue weighted by Crippen LogP contribution is 2.18. The van der Waals surface area contributed by atoms with Crippen molar-refractivity contribution in [2.45, 2.75) is 24.8 Å². The van der Waals surface area contributed by atoms with Crippen molar-refractivity contribution in [3.8, 4) is 0 Å². The molecular weight excluding hydrogens is 292 g/mol. The monoisotopic (exact) mass is 312 g/mol. The van der Waals surface area contributed by atoms with E-state index in [0.29, 0.717) is 31.7 Å². The van der Waals surface area contributed by atoms with Gasteiger partial charge in [0.1, 0.15) is 0 Å². The first-order chi connectivity index (χ1) is 9.90. The average Bonchev–Trinajstić information content (AvgIpc) is 2.44. The zero-order chi connectivity index (χ0) is 15.6. The zero-order valence-electron chi connectivity index (χ0n) is 12.2. The van der Waals surface area contributed by atoms with Crippen LogP contribution in [0.15, 0.2) is 29.2 Å². The van der Waals surface area contributed by atoms with Crippen LogP contribution in [-0.4, -0.2) is 60.9 Å². The Morgan fingerprint density at radius 2 is 1.76 bits per heavy atom. The number of sulfonamides is 1. The lowest BCUT2D eigenvalue weighted by atomic mass is 10.1. The van der Waals surface area contributed by atoms with Crippen molar-refractivity contribution in [1.29, 1.82) is 0 Å². The number of amides is 1. The van der Waals surface area contributed by atoms with E-state index in [1.54, 1.807) is 13.8 Å². The van der Waals surface area contributed by atoms with Crippen molar-refractivity contribution in [3.63, 3.8) is 0 Å². The van der Waals surface area contributed by atoms with Gasteiger partial charge in [-0.05, 0) is 24.3 Å². The van der Waals surface area contributed by atoms with Crippen molar-refractivity contribution in [3.05, 3.63) is 29.8 Å². The second-order valence-electron chi connectivity index (χ2n) is 4.98. The molecule has 1 aromatic carbocycles. The van der Waals surface area contributed by atoms with Crippen molar-refractivity contribution in [2.75, 3.05) is 26.2 Å². The first-order valence-electron chi connectivity index (χ1n) is 6.97. The Morgan fingerprint density at radius 1 is 1.24 bits per heavy atom. The molecule has 0 radical (unpaired) electrons. The minimum Gasteiger partial charge on any atom is -0.389 e. The third kappa shape index (κ3) is 3.09. The van der Waals surface area contributed by atoms with E-state index in [2.05, 4.69) is 0 Å². The standard InChI is InChI=1S/C14H20N2O4S/c1-3-16(4-2)21(19,20)13-7-5-11(6-8-13)14(18)15-9-12(17)10-15/h5-8,12,17H,3-4,9-10H2,1-2H3. The highest BCUT2D eigenvalue weighted by Gasteiger charge is 2.29. The smallest absolute Gasteiger partial charge is 0.254 e. The largest absolute Gasteiger partial charge is 0.389 e. The Kier molecular flexibility index (Phi) is 4.65. The van der Waals surface area contributed by atoms with E-state index in [9.17, 15) is 18.3 Å². The summed E-state index contributed by atoms with van der Waals surface area (Å²) < 4.78 is 26.0. The summed E-state index contributed by atoms with van der Waals surface area (Å²) in [6, 6.07) is 5.95. The minimum absolute atomic E-state index is 0.186. The quantitative estimate of drug-likeness (QED) is 0.860. The third-order valence-corrected chi connectivity index (χ3v) is 5.66. The van der Waals surface area contributed by atoms with Crippen LogP contribution in [-0.2, 0) is 10.0 Å². The molecule has 0 saturated carbocycles. The summed E-state index contributed by atoms with van der Waals surface area (Å²) in [5.41, 5.74) is 0.431. The lowest BCUT2D eigenvalue weighted by Gasteiger charge is -2.35. The molecule has 0 spiro atoms. The molecule has 0 unspecified atom stereocenters. The maximum Gasteiger partial charge on any atom is 0.254 e. The Labute approximate surface area is 125 Å². The van der Waals surface area contributed by atoms with Crippen LogP contribution < -0.4 is 0 Å². The number of hydrogen-bond donors (Lipinski definition) is 1. The van der Waals surface area contributed by atoms with Crippen molar-refractivity contribution < 1.29 is 18.3 Å². The normalized spacial score (nSPS) is 16.1. The van der Waals surface area contributed by atoms with Crippen LogP contribution in [0.3, 0.4) is 0 Å². The third-order valence-electron chi connectivity index (χ3n) is 3.59. The molecule has 7 heteroatoms. The van der Waals surface area contributed by atoms with Crippen molar-refractivity contribution in [1.82, 2.24) is 9.21 Å². The fourth-order valence-corrected chi connectivity index (χ4v) is 3.74. The maximum atomic E-state index is 12.3. The molecule has 116 valence electrons. The van der Waals surface area contributed by atoms with Gasteiger partial charge in [0.15, 0.2) is 0 Å². The zero-order valence-corrected chi connectivity index (χ0v) is 13.0. The number of carbonyl (C=O) groups is 1. The van der Waals surface area contributed by atoms with E-state index in [-0.39, 0.29) is 10.8 Å². The molecule has 21 heavy (non-hydrogen) atoms. The summed E-state index contributed by atoms with van der Waals surface area (Å²) in [6.45, 7) is 5.05. The van der Waals surface area contributed by atoms with E-state index >= 15 is 0 Å². The van der Waals surface area contributed by atoms with Gasteiger partial charge in [0.05, 0.1) is 11.0 Å². The Bertz CT molecular complexity index is 602. The van der Waals surface area contributed by atoms with Gasteiger partial charge in [-0.25, -0.2) is 8.42 Å². The van der Waals surface area contributed by atoms with Gasteiger partial charge in [-0.3, -0.25) is 4.79 Å². The predicted octanol–water partition coefficient (Wildman–Crippen LogP) is 0.534. The van der Waals surface area contributed by atoms with E-state index in [1.807, 2.05) is 0 Å². The number of rotatable bonds is 5. The minimum atomic E-state index is -3.50. The van der Waals surface area contributed by atoms with E-state index in [0.717, 1.165) is 0 Å². The number of aliphatic hydroxyl groups excluding tert-OH is 1. The Morgan fingerprint density at radius 3 is 2.19 bits per heavy atom. The molecule has 0 atom stereocenters. The summed E-state index contributed by atoms with van der Waals surface area (Å²) in [5, 5.41) is 9.20. The lowest BCUT2D eigenvalue weighted by Crippen LogP contribution is -2.53. The second-order valence-corrected chi connectivity index (χ2v) is 6.92. The summed E-state index contributed by atoms with van der Waals surface area (Å²) in [6.07, 6.45) is -0.448. The summed E-state index contributed by atoms with van der Waals surface area (Å²) in [4.78, 5) is 13.7. The number of benzene rings is 1. The molecule has 1 N–H and O–H groups in total. The molecule has 1 saturated heterocycles. The maximum absolute atomic E-state index is 12.3. The first-order valence-corrected chi connectivity index (χ1v) is 8.41. The van der Waals surface area contributed by atoms with Gasteiger partial charge in [0.2, 0.25) is 10.0 Å². The fraction of sp³-hybridized carbons (Fsp3) is 0.500. The average molecular weight is 312 g/mol. The topological polar surface area (TPSA) is 77.9 Å².